The van der Waals surface area contributed by atoms with Gasteiger partial charge in [0.05, 0.1) is 35.7 Å². The molecule has 0 saturated carbocycles. The minimum Gasteiger partial charge on any atom is -0.390 e. The number of amides is 2. The van der Waals surface area contributed by atoms with Crippen LogP contribution in [0.3, 0.4) is 0 Å². The molecule has 2 N–H and O–H groups in total. The highest BCUT2D eigenvalue weighted by atomic mass is 32.2. The van der Waals surface area contributed by atoms with E-state index in [2.05, 4.69) is 15.2 Å². The SMILES string of the molecule is CS(=O)(=O)N1CCc2c(c(-c3ccc(C(F)(F)F)c(CNC(=O)c4cccnc4)c3)nn2CC(O)CN2CCC(N3CCCC3=O)CC2)C1. The van der Waals surface area contributed by atoms with E-state index >= 15 is 0 Å². The number of likely N-dealkylation sites (tertiary alicyclic amines) is 2. The van der Waals surface area contributed by atoms with Gasteiger partial charge in [-0.2, -0.15) is 22.6 Å². The molecular formula is C33H40F3N7O5S. The number of halogens is 3. The number of fused-ring (bicyclic) bond motifs is 1. The average molecular weight is 704 g/mol. The number of aromatic nitrogens is 3. The van der Waals surface area contributed by atoms with Crippen molar-refractivity contribution in [2.75, 3.05) is 39.0 Å². The molecule has 0 radical (unpaired) electrons. The van der Waals surface area contributed by atoms with Crippen LogP contribution in [0.4, 0.5) is 13.2 Å². The van der Waals surface area contributed by atoms with Gasteiger partial charge in [0.15, 0.2) is 0 Å². The third-order valence-corrected chi connectivity index (χ3v) is 10.8. The Hall–Kier alpha value is -3.86. The molecule has 6 rings (SSSR count). The number of nitrogens with zero attached hydrogens (tertiary/aromatic N) is 6. The van der Waals surface area contributed by atoms with Crippen LogP contribution in [-0.2, 0) is 47.0 Å². The number of pyridine rings is 1. The summed E-state index contributed by atoms with van der Waals surface area (Å²) in [5.41, 5.74) is 1.03. The summed E-state index contributed by atoms with van der Waals surface area (Å²) in [4.78, 5) is 32.8. The summed E-state index contributed by atoms with van der Waals surface area (Å²) < 4.78 is 70.2. The van der Waals surface area contributed by atoms with Gasteiger partial charge in [0.2, 0.25) is 15.9 Å². The summed E-state index contributed by atoms with van der Waals surface area (Å²) >= 11 is 0. The van der Waals surface area contributed by atoms with E-state index in [1.807, 2.05) is 4.90 Å². The van der Waals surface area contributed by atoms with Gasteiger partial charge in [-0.1, -0.05) is 6.07 Å². The molecular weight excluding hydrogens is 663 g/mol. The van der Waals surface area contributed by atoms with E-state index in [0.29, 0.717) is 41.9 Å². The zero-order chi connectivity index (χ0) is 34.9. The van der Waals surface area contributed by atoms with Crippen LogP contribution < -0.4 is 5.32 Å². The number of hydrogen-bond donors (Lipinski definition) is 2. The maximum Gasteiger partial charge on any atom is 0.416 e. The third kappa shape index (κ3) is 7.97. The van der Waals surface area contributed by atoms with E-state index in [4.69, 9.17) is 5.10 Å². The first-order valence-corrected chi connectivity index (χ1v) is 18.2. The maximum atomic E-state index is 14.1. The van der Waals surface area contributed by atoms with Gasteiger partial charge in [0, 0.05) is 93.9 Å². The number of hydrogen-bond acceptors (Lipinski definition) is 8. The minimum atomic E-state index is -4.69. The van der Waals surface area contributed by atoms with Gasteiger partial charge in [0.1, 0.15) is 0 Å². The van der Waals surface area contributed by atoms with Crippen molar-refractivity contribution < 1.29 is 36.3 Å². The monoisotopic (exact) mass is 703 g/mol. The number of aliphatic hydroxyl groups is 1. The zero-order valence-electron chi connectivity index (χ0n) is 27.2. The molecule has 1 unspecified atom stereocenters. The summed E-state index contributed by atoms with van der Waals surface area (Å²) in [6.07, 6.45) is 1.87. The van der Waals surface area contributed by atoms with Crippen LogP contribution in [0.2, 0.25) is 0 Å². The number of rotatable bonds is 10. The molecule has 16 heteroatoms. The van der Waals surface area contributed by atoms with Crippen LogP contribution in [-0.4, -0.2) is 105 Å². The van der Waals surface area contributed by atoms with E-state index in [-0.39, 0.29) is 42.7 Å². The van der Waals surface area contributed by atoms with Crippen molar-refractivity contribution in [2.24, 2.45) is 0 Å². The van der Waals surface area contributed by atoms with E-state index in [0.717, 1.165) is 51.2 Å². The number of piperidine rings is 1. The minimum absolute atomic E-state index is 0.0174. The first-order chi connectivity index (χ1) is 23.3. The summed E-state index contributed by atoms with van der Waals surface area (Å²) in [7, 11) is -3.58. The number of sulfonamides is 1. The van der Waals surface area contributed by atoms with E-state index in [1.165, 1.54) is 34.9 Å². The first kappa shape index (κ1) is 35.0. The highest BCUT2D eigenvalue weighted by molar-refractivity contribution is 7.88. The van der Waals surface area contributed by atoms with Gasteiger partial charge in [-0.05, 0) is 49.1 Å². The topological polar surface area (TPSA) is 141 Å². The molecule has 0 bridgehead atoms. The molecule has 2 fully saturated rings. The molecule has 2 amide bonds. The Morgan fingerprint density at radius 2 is 1.88 bits per heavy atom. The number of alkyl halides is 3. The number of aliphatic hydroxyl groups excluding tert-OH is 1. The van der Waals surface area contributed by atoms with E-state index in [9.17, 15) is 36.3 Å². The Morgan fingerprint density at radius 1 is 1.10 bits per heavy atom. The second kappa shape index (κ2) is 14.2. The lowest BCUT2D eigenvalue weighted by Gasteiger charge is -2.37. The number of benzene rings is 1. The molecule has 1 aromatic carbocycles. The Kier molecular flexibility index (Phi) is 10.1. The highest BCUT2D eigenvalue weighted by Crippen LogP contribution is 2.37. The van der Waals surface area contributed by atoms with Crippen LogP contribution >= 0.6 is 0 Å². The molecule has 2 saturated heterocycles. The smallest absolute Gasteiger partial charge is 0.390 e. The molecule has 5 heterocycles. The fourth-order valence-electron chi connectivity index (χ4n) is 7.09. The van der Waals surface area contributed by atoms with Crippen LogP contribution in [0.5, 0.6) is 0 Å². The number of carbonyl (C=O) groups is 2. The van der Waals surface area contributed by atoms with Gasteiger partial charge >= 0.3 is 6.18 Å². The normalized spacial score (nSPS) is 18.9. The number of carbonyl (C=O) groups excluding carboxylic acids is 2. The van der Waals surface area contributed by atoms with Crippen molar-refractivity contribution in [3.63, 3.8) is 0 Å². The Balaban J connectivity index is 1.24. The standard InChI is InChI=1S/C33H40F3N7O5S/c1-49(47,48)41-15-10-29-27(21-41)31(39-43(29)20-26(44)19-40-13-8-25(9-14-40)42-12-3-5-30(42)45)22-6-7-28(33(34,35)36)24(16-22)18-38-32(46)23-4-2-11-37-17-23/h2,4,6-7,11,16-17,25-26,44H,3,5,8-10,12-15,18-21H2,1H3,(H,38,46). The largest absolute Gasteiger partial charge is 0.416 e. The van der Waals surface area contributed by atoms with Crippen molar-refractivity contribution in [3.8, 4) is 11.3 Å². The fourth-order valence-corrected chi connectivity index (χ4v) is 7.88. The van der Waals surface area contributed by atoms with Gasteiger partial charge in [-0.15, -0.1) is 0 Å². The fraction of sp³-hybridized carbons (Fsp3) is 0.515. The van der Waals surface area contributed by atoms with Gasteiger partial charge in [0.25, 0.3) is 5.91 Å². The van der Waals surface area contributed by atoms with Crippen molar-refractivity contribution >= 4 is 21.8 Å². The zero-order valence-corrected chi connectivity index (χ0v) is 28.0. The lowest BCUT2D eigenvalue weighted by molar-refractivity contribution is -0.138. The molecule has 49 heavy (non-hydrogen) atoms. The molecule has 3 aliphatic heterocycles. The average Bonchev–Trinajstić information content (AvgIpc) is 3.66. The van der Waals surface area contributed by atoms with Crippen molar-refractivity contribution in [1.82, 2.24) is 34.2 Å². The summed E-state index contributed by atoms with van der Waals surface area (Å²) in [5.74, 6) is -0.373. The van der Waals surface area contributed by atoms with Crippen LogP contribution in [0.15, 0.2) is 42.7 Å². The van der Waals surface area contributed by atoms with Crippen LogP contribution in [0.1, 0.15) is 58.4 Å². The number of β-amino-alcohol motifs (C(OH)–C–C–N with tert-alkyl or cyclic N) is 1. The van der Waals surface area contributed by atoms with Gasteiger partial charge in [-0.3, -0.25) is 19.3 Å². The van der Waals surface area contributed by atoms with Crippen LogP contribution in [0.25, 0.3) is 11.3 Å². The summed E-state index contributed by atoms with van der Waals surface area (Å²) in [6.45, 7) is 2.53. The Bertz CT molecular complexity index is 1790. The van der Waals surface area contributed by atoms with Gasteiger partial charge < -0.3 is 20.2 Å². The number of nitrogens with one attached hydrogen (secondary N) is 1. The molecule has 0 aliphatic carbocycles. The molecule has 12 nitrogen and oxygen atoms in total. The Morgan fingerprint density at radius 3 is 2.53 bits per heavy atom. The summed E-state index contributed by atoms with van der Waals surface area (Å²) in [5, 5.41) is 18.5. The second-order valence-electron chi connectivity index (χ2n) is 13.0. The van der Waals surface area contributed by atoms with Crippen molar-refractivity contribution in [2.45, 2.75) is 70.1 Å². The highest BCUT2D eigenvalue weighted by Gasteiger charge is 2.36. The lowest BCUT2D eigenvalue weighted by atomic mass is 9.97. The molecule has 3 aromatic rings. The first-order valence-electron chi connectivity index (χ1n) is 16.4. The molecule has 1 atom stereocenters. The van der Waals surface area contributed by atoms with Crippen molar-refractivity contribution in [3.05, 3.63) is 70.7 Å². The molecule has 2 aromatic heterocycles. The van der Waals surface area contributed by atoms with E-state index < -0.39 is 40.3 Å². The third-order valence-electron chi connectivity index (χ3n) is 9.58. The predicted molar refractivity (Wildman–Crippen MR) is 173 cm³/mol. The van der Waals surface area contributed by atoms with Crippen LogP contribution in [0, 0.1) is 0 Å². The molecule has 0 spiro atoms. The second-order valence-corrected chi connectivity index (χ2v) is 15.0. The summed E-state index contributed by atoms with van der Waals surface area (Å²) in [6, 6.07) is 6.84. The van der Waals surface area contributed by atoms with Crippen molar-refractivity contribution in [1.29, 1.82) is 0 Å². The lowest BCUT2D eigenvalue weighted by Crippen LogP contribution is -2.47. The maximum absolute atomic E-state index is 14.1. The Labute approximate surface area is 282 Å². The van der Waals surface area contributed by atoms with E-state index in [1.54, 1.807) is 10.7 Å². The molecule has 264 valence electrons. The predicted octanol–water partition coefficient (Wildman–Crippen LogP) is 2.66. The quantitative estimate of drug-likeness (QED) is 0.329. The molecule has 3 aliphatic rings. The van der Waals surface area contributed by atoms with Gasteiger partial charge in [-0.25, -0.2) is 8.42 Å².